The molecule has 1 atom stereocenters. The Bertz CT molecular complexity index is 534. The first-order valence-electron chi connectivity index (χ1n) is 6.79. The highest BCUT2D eigenvalue weighted by molar-refractivity contribution is 5.82. The van der Waals surface area contributed by atoms with Crippen molar-refractivity contribution in [2.75, 3.05) is 6.61 Å². The van der Waals surface area contributed by atoms with Crippen LogP contribution in [0.1, 0.15) is 26.3 Å². The van der Waals surface area contributed by atoms with Crippen LogP contribution in [0.5, 0.6) is 0 Å². The van der Waals surface area contributed by atoms with E-state index < -0.39 is 17.4 Å². The van der Waals surface area contributed by atoms with Gasteiger partial charge in [-0.25, -0.2) is 0 Å². The quantitative estimate of drug-likeness (QED) is 0.810. The van der Waals surface area contributed by atoms with Crippen molar-refractivity contribution >= 4 is 11.9 Å². The van der Waals surface area contributed by atoms with Crippen LogP contribution in [-0.4, -0.2) is 24.0 Å². The molecule has 0 fully saturated rings. The monoisotopic (exact) mass is 288 g/mol. The molecule has 1 N–H and O–H groups in total. The summed E-state index contributed by atoms with van der Waals surface area (Å²) in [5.74, 6) is -1.000. The highest BCUT2D eigenvalue weighted by Crippen LogP contribution is 2.14. The summed E-state index contributed by atoms with van der Waals surface area (Å²) in [6, 6.07) is 11.2. The number of esters is 1. The van der Waals surface area contributed by atoms with Crippen molar-refractivity contribution in [3.05, 3.63) is 35.9 Å². The van der Waals surface area contributed by atoms with E-state index in [0.29, 0.717) is 0 Å². The van der Waals surface area contributed by atoms with Gasteiger partial charge in [0.05, 0.1) is 12.5 Å². The van der Waals surface area contributed by atoms with Crippen molar-refractivity contribution in [2.24, 2.45) is 5.92 Å². The molecule has 0 aliphatic heterocycles. The van der Waals surface area contributed by atoms with E-state index in [1.54, 1.807) is 6.92 Å². The number of nitriles is 1. The van der Waals surface area contributed by atoms with Crippen LogP contribution >= 0.6 is 0 Å². The maximum atomic E-state index is 11.7. The van der Waals surface area contributed by atoms with Crippen LogP contribution < -0.4 is 5.32 Å². The standard InChI is InChI=1S/C16H20N2O3/c1-12(2)16(3,11-17)18-14(19)10-21-15(20)9-13-7-5-4-6-8-13/h4-8,12H,9-10H2,1-3H3,(H,18,19)/t16-/m1/s1. The van der Waals surface area contributed by atoms with Crippen molar-refractivity contribution in [1.29, 1.82) is 5.26 Å². The largest absolute Gasteiger partial charge is 0.455 e. The molecule has 0 aliphatic carbocycles. The number of hydrogen-bond acceptors (Lipinski definition) is 4. The number of rotatable bonds is 6. The molecule has 1 rings (SSSR count). The molecule has 0 radical (unpaired) electrons. The highest BCUT2D eigenvalue weighted by atomic mass is 16.5. The van der Waals surface area contributed by atoms with Gasteiger partial charge in [-0.05, 0) is 18.4 Å². The molecule has 0 bridgehead atoms. The fraction of sp³-hybridized carbons (Fsp3) is 0.438. The summed E-state index contributed by atoms with van der Waals surface area (Å²) in [4.78, 5) is 23.4. The Morgan fingerprint density at radius 1 is 1.33 bits per heavy atom. The number of ether oxygens (including phenoxy) is 1. The van der Waals surface area contributed by atoms with Gasteiger partial charge in [0, 0.05) is 0 Å². The summed E-state index contributed by atoms with van der Waals surface area (Å²) in [7, 11) is 0. The predicted octanol–water partition coefficient (Wildman–Crippen LogP) is 1.83. The molecule has 0 spiro atoms. The summed E-state index contributed by atoms with van der Waals surface area (Å²) >= 11 is 0. The predicted molar refractivity (Wildman–Crippen MR) is 78.1 cm³/mol. The summed E-state index contributed by atoms with van der Waals surface area (Å²) in [5, 5.41) is 11.7. The lowest BCUT2D eigenvalue weighted by atomic mass is 9.90. The third-order valence-electron chi connectivity index (χ3n) is 3.34. The number of hydrogen-bond donors (Lipinski definition) is 1. The molecule has 0 aliphatic rings. The maximum absolute atomic E-state index is 11.7. The summed E-state index contributed by atoms with van der Waals surface area (Å²) in [5.41, 5.74) is -0.143. The van der Waals surface area contributed by atoms with Gasteiger partial charge in [0.15, 0.2) is 6.61 Å². The van der Waals surface area contributed by atoms with E-state index in [0.717, 1.165) is 5.56 Å². The first kappa shape index (κ1) is 16.7. The Morgan fingerprint density at radius 2 is 1.95 bits per heavy atom. The molecule has 1 aromatic rings. The SMILES string of the molecule is CC(C)[C@@](C)(C#N)NC(=O)COC(=O)Cc1ccccc1. The fourth-order valence-electron chi connectivity index (χ4n) is 1.59. The lowest BCUT2D eigenvalue weighted by Crippen LogP contribution is -2.50. The van der Waals surface area contributed by atoms with E-state index in [4.69, 9.17) is 10.00 Å². The Labute approximate surface area is 124 Å². The summed E-state index contributed by atoms with van der Waals surface area (Å²) in [6.45, 7) is 4.94. The van der Waals surface area contributed by atoms with Gasteiger partial charge >= 0.3 is 5.97 Å². The molecule has 1 aromatic carbocycles. The van der Waals surface area contributed by atoms with Gasteiger partial charge in [-0.3, -0.25) is 9.59 Å². The average molecular weight is 288 g/mol. The summed E-state index contributed by atoms with van der Waals surface area (Å²) < 4.78 is 4.92. The topological polar surface area (TPSA) is 79.2 Å². The smallest absolute Gasteiger partial charge is 0.310 e. The number of carbonyl (C=O) groups is 2. The van der Waals surface area contributed by atoms with E-state index in [1.807, 2.05) is 44.2 Å². The van der Waals surface area contributed by atoms with Gasteiger partial charge in [0.25, 0.3) is 5.91 Å². The summed E-state index contributed by atoms with van der Waals surface area (Å²) in [6.07, 6.45) is 0.119. The molecule has 1 amide bonds. The normalized spacial score (nSPS) is 13.1. The van der Waals surface area contributed by atoms with Gasteiger partial charge in [-0.15, -0.1) is 0 Å². The zero-order valence-corrected chi connectivity index (χ0v) is 12.6. The van der Waals surface area contributed by atoms with E-state index in [-0.39, 0.29) is 18.9 Å². The molecule has 5 nitrogen and oxygen atoms in total. The van der Waals surface area contributed by atoms with Gasteiger partial charge < -0.3 is 10.1 Å². The molecular formula is C16H20N2O3. The molecular weight excluding hydrogens is 268 g/mol. The van der Waals surface area contributed by atoms with Gasteiger partial charge in [-0.2, -0.15) is 5.26 Å². The Morgan fingerprint density at radius 3 is 2.48 bits per heavy atom. The molecule has 21 heavy (non-hydrogen) atoms. The third kappa shape index (κ3) is 5.27. The van der Waals surface area contributed by atoms with Crippen LogP contribution in [0.15, 0.2) is 30.3 Å². The first-order valence-corrected chi connectivity index (χ1v) is 6.79. The molecule has 112 valence electrons. The van der Waals surface area contributed by atoms with Crippen molar-refractivity contribution < 1.29 is 14.3 Å². The van der Waals surface area contributed by atoms with Crippen LogP contribution in [-0.2, 0) is 20.7 Å². The number of nitrogens with zero attached hydrogens (tertiary/aromatic N) is 1. The van der Waals surface area contributed by atoms with E-state index >= 15 is 0 Å². The van der Waals surface area contributed by atoms with Crippen LogP contribution in [0.4, 0.5) is 0 Å². The second kappa shape index (κ2) is 7.44. The Balaban J connectivity index is 2.43. The van der Waals surface area contributed by atoms with Crippen molar-refractivity contribution in [1.82, 2.24) is 5.32 Å². The molecule has 0 unspecified atom stereocenters. The zero-order chi connectivity index (χ0) is 15.9. The average Bonchev–Trinajstić information content (AvgIpc) is 2.46. The van der Waals surface area contributed by atoms with Crippen LogP contribution in [0.2, 0.25) is 0 Å². The molecule has 0 heterocycles. The molecule has 0 saturated carbocycles. The maximum Gasteiger partial charge on any atom is 0.310 e. The Kier molecular flexibility index (Phi) is 5.92. The zero-order valence-electron chi connectivity index (χ0n) is 12.6. The van der Waals surface area contributed by atoms with Crippen LogP contribution in [0.25, 0.3) is 0 Å². The van der Waals surface area contributed by atoms with Crippen molar-refractivity contribution in [3.63, 3.8) is 0 Å². The van der Waals surface area contributed by atoms with E-state index in [9.17, 15) is 9.59 Å². The number of benzene rings is 1. The minimum Gasteiger partial charge on any atom is -0.455 e. The van der Waals surface area contributed by atoms with Gasteiger partial charge in [-0.1, -0.05) is 44.2 Å². The van der Waals surface area contributed by atoms with Crippen molar-refractivity contribution in [2.45, 2.75) is 32.7 Å². The lowest BCUT2D eigenvalue weighted by Gasteiger charge is -2.27. The van der Waals surface area contributed by atoms with E-state index in [1.165, 1.54) is 0 Å². The van der Waals surface area contributed by atoms with Crippen molar-refractivity contribution in [3.8, 4) is 6.07 Å². The number of nitrogens with one attached hydrogen (secondary N) is 1. The second-order valence-electron chi connectivity index (χ2n) is 5.34. The lowest BCUT2D eigenvalue weighted by molar-refractivity contribution is -0.148. The first-order chi connectivity index (χ1) is 9.87. The molecule has 0 saturated heterocycles. The van der Waals surface area contributed by atoms with Crippen LogP contribution in [0, 0.1) is 17.2 Å². The number of carbonyl (C=O) groups excluding carboxylic acids is 2. The number of amides is 1. The second-order valence-corrected chi connectivity index (χ2v) is 5.34. The van der Waals surface area contributed by atoms with E-state index in [2.05, 4.69) is 11.4 Å². The Hall–Kier alpha value is -2.35. The molecule has 5 heteroatoms. The minimum absolute atomic E-state index is 0.0496. The van der Waals surface area contributed by atoms with Crippen LogP contribution in [0.3, 0.4) is 0 Å². The fourth-order valence-corrected chi connectivity index (χ4v) is 1.59. The minimum atomic E-state index is -0.969. The van der Waals surface area contributed by atoms with Gasteiger partial charge in [0.1, 0.15) is 5.54 Å². The molecule has 0 aromatic heterocycles. The third-order valence-corrected chi connectivity index (χ3v) is 3.34. The highest BCUT2D eigenvalue weighted by Gasteiger charge is 2.30. The van der Waals surface area contributed by atoms with Gasteiger partial charge in [0.2, 0.25) is 0 Å².